The number of hydrogen-bond donors (Lipinski definition) is 2. The first kappa shape index (κ1) is 15.2. The summed E-state index contributed by atoms with van der Waals surface area (Å²) in [6.45, 7) is 4.24. The summed E-state index contributed by atoms with van der Waals surface area (Å²) in [4.78, 5) is 25.0. The average Bonchev–Trinajstić information content (AvgIpc) is 2.42. The number of carbonyl (C=O) groups excluding carboxylic acids is 2. The van der Waals surface area contributed by atoms with Crippen LogP contribution in [0.5, 0.6) is 0 Å². The van der Waals surface area contributed by atoms with Crippen LogP contribution >= 0.6 is 0 Å². The number of amides is 2. The minimum absolute atomic E-state index is 0.0703. The van der Waals surface area contributed by atoms with Crippen molar-refractivity contribution in [1.82, 2.24) is 15.5 Å². The fraction of sp³-hybridized carbons (Fsp3) is 0.429. The van der Waals surface area contributed by atoms with Crippen LogP contribution in [0.4, 0.5) is 0 Å². The maximum Gasteiger partial charge on any atom is 0.253 e. The van der Waals surface area contributed by atoms with Gasteiger partial charge in [-0.1, -0.05) is 6.92 Å². The average molecular weight is 263 g/mol. The second kappa shape index (κ2) is 7.53. The van der Waals surface area contributed by atoms with Gasteiger partial charge in [-0.15, -0.1) is 0 Å². The molecule has 0 radical (unpaired) electrons. The highest BCUT2D eigenvalue weighted by atomic mass is 16.2. The summed E-state index contributed by atoms with van der Waals surface area (Å²) in [6.07, 6.45) is 0. The molecular weight excluding hydrogens is 242 g/mol. The lowest BCUT2D eigenvalue weighted by Crippen LogP contribution is -2.31. The molecule has 0 fully saturated rings. The summed E-state index contributed by atoms with van der Waals surface area (Å²) in [7, 11) is 3.40. The van der Waals surface area contributed by atoms with Crippen molar-refractivity contribution in [2.75, 3.05) is 33.7 Å². The number of hydrogen-bond acceptors (Lipinski definition) is 3. The number of nitrogens with zero attached hydrogens (tertiary/aromatic N) is 1. The Morgan fingerprint density at radius 2 is 1.63 bits per heavy atom. The van der Waals surface area contributed by atoms with Gasteiger partial charge in [0.25, 0.3) is 11.8 Å². The van der Waals surface area contributed by atoms with E-state index < -0.39 is 0 Å². The van der Waals surface area contributed by atoms with E-state index in [1.807, 2.05) is 6.92 Å². The standard InChI is InChI=1S/C14H21N3O2/c1-4-15-9-10-16-13(18)11-5-7-12(8-6-11)14(19)17(2)3/h5-8,15H,4,9-10H2,1-3H3,(H,16,18). The molecule has 5 nitrogen and oxygen atoms in total. The maximum absolute atomic E-state index is 11.8. The molecule has 0 unspecified atom stereocenters. The zero-order valence-corrected chi connectivity index (χ0v) is 11.7. The number of carbonyl (C=O) groups is 2. The van der Waals surface area contributed by atoms with Gasteiger partial charge in [0, 0.05) is 38.3 Å². The van der Waals surface area contributed by atoms with Gasteiger partial charge in [0.1, 0.15) is 0 Å². The van der Waals surface area contributed by atoms with Gasteiger partial charge in [0.15, 0.2) is 0 Å². The molecule has 1 aromatic rings. The maximum atomic E-state index is 11.8. The summed E-state index contributed by atoms with van der Waals surface area (Å²) in [5, 5.41) is 5.94. The first-order chi connectivity index (χ1) is 9.06. The molecule has 104 valence electrons. The Bertz CT molecular complexity index is 427. The van der Waals surface area contributed by atoms with Crippen molar-refractivity contribution in [3.05, 3.63) is 35.4 Å². The molecule has 19 heavy (non-hydrogen) atoms. The molecule has 1 rings (SSSR count). The van der Waals surface area contributed by atoms with E-state index >= 15 is 0 Å². The van der Waals surface area contributed by atoms with Crippen molar-refractivity contribution in [2.24, 2.45) is 0 Å². The highest BCUT2D eigenvalue weighted by Gasteiger charge is 2.09. The molecule has 2 amide bonds. The predicted molar refractivity (Wildman–Crippen MR) is 75.3 cm³/mol. The molecule has 0 saturated carbocycles. The van der Waals surface area contributed by atoms with Crippen molar-refractivity contribution in [3.8, 4) is 0 Å². The lowest BCUT2D eigenvalue weighted by Gasteiger charge is -2.10. The predicted octanol–water partition coefficient (Wildman–Crippen LogP) is 0.728. The fourth-order valence-corrected chi connectivity index (χ4v) is 1.57. The van der Waals surface area contributed by atoms with Crippen LogP contribution < -0.4 is 10.6 Å². The van der Waals surface area contributed by atoms with Crippen LogP contribution in [0, 0.1) is 0 Å². The summed E-state index contributed by atoms with van der Waals surface area (Å²) < 4.78 is 0. The molecule has 0 aliphatic rings. The third kappa shape index (κ3) is 4.71. The molecule has 0 saturated heterocycles. The topological polar surface area (TPSA) is 61.4 Å². The van der Waals surface area contributed by atoms with Gasteiger partial charge in [-0.3, -0.25) is 9.59 Å². The first-order valence-electron chi connectivity index (χ1n) is 6.37. The van der Waals surface area contributed by atoms with Crippen LogP contribution in [-0.4, -0.2) is 50.4 Å². The van der Waals surface area contributed by atoms with Crippen molar-refractivity contribution >= 4 is 11.8 Å². The molecule has 0 aromatic heterocycles. The fourth-order valence-electron chi connectivity index (χ4n) is 1.57. The van der Waals surface area contributed by atoms with Crippen molar-refractivity contribution in [1.29, 1.82) is 0 Å². The van der Waals surface area contributed by atoms with Gasteiger partial charge in [-0.2, -0.15) is 0 Å². The van der Waals surface area contributed by atoms with E-state index in [4.69, 9.17) is 0 Å². The zero-order chi connectivity index (χ0) is 14.3. The largest absolute Gasteiger partial charge is 0.351 e. The molecule has 0 heterocycles. The lowest BCUT2D eigenvalue weighted by molar-refractivity contribution is 0.0826. The van der Waals surface area contributed by atoms with E-state index in [0.717, 1.165) is 13.1 Å². The van der Waals surface area contributed by atoms with Gasteiger partial charge < -0.3 is 15.5 Å². The van der Waals surface area contributed by atoms with E-state index in [1.165, 1.54) is 4.90 Å². The second-order valence-electron chi connectivity index (χ2n) is 4.39. The van der Waals surface area contributed by atoms with Gasteiger partial charge in [-0.25, -0.2) is 0 Å². The van der Waals surface area contributed by atoms with Crippen LogP contribution in [0.25, 0.3) is 0 Å². The summed E-state index contributed by atoms with van der Waals surface area (Å²) in [6, 6.07) is 6.67. The Labute approximate surface area is 114 Å². The number of nitrogens with one attached hydrogen (secondary N) is 2. The number of likely N-dealkylation sites (N-methyl/N-ethyl adjacent to an activating group) is 1. The third-order valence-electron chi connectivity index (χ3n) is 2.64. The highest BCUT2D eigenvalue weighted by Crippen LogP contribution is 2.06. The van der Waals surface area contributed by atoms with E-state index in [-0.39, 0.29) is 11.8 Å². The molecule has 0 aliphatic heterocycles. The number of rotatable bonds is 6. The minimum Gasteiger partial charge on any atom is -0.351 e. The van der Waals surface area contributed by atoms with Crippen molar-refractivity contribution in [2.45, 2.75) is 6.92 Å². The summed E-state index contributed by atoms with van der Waals surface area (Å²) >= 11 is 0. The summed E-state index contributed by atoms with van der Waals surface area (Å²) in [5.41, 5.74) is 1.14. The number of benzene rings is 1. The first-order valence-corrected chi connectivity index (χ1v) is 6.37. The molecular formula is C14H21N3O2. The van der Waals surface area contributed by atoms with Gasteiger partial charge in [-0.05, 0) is 30.8 Å². The van der Waals surface area contributed by atoms with Crippen LogP contribution in [0.15, 0.2) is 24.3 Å². The van der Waals surface area contributed by atoms with E-state index in [0.29, 0.717) is 17.7 Å². The van der Waals surface area contributed by atoms with Crippen LogP contribution in [-0.2, 0) is 0 Å². The Morgan fingerprint density at radius 1 is 1.05 bits per heavy atom. The third-order valence-corrected chi connectivity index (χ3v) is 2.64. The van der Waals surface area contributed by atoms with Crippen LogP contribution in [0.2, 0.25) is 0 Å². The summed E-state index contributed by atoms with van der Waals surface area (Å²) in [5.74, 6) is -0.194. The monoisotopic (exact) mass is 263 g/mol. The van der Waals surface area contributed by atoms with E-state index in [2.05, 4.69) is 10.6 Å². The van der Waals surface area contributed by atoms with Gasteiger partial charge in [0.2, 0.25) is 0 Å². The SMILES string of the molecule is CCNCCNC(=O)c1ccc(C(=O)N(C)C)cc1. The Hall–Kier alpha value is -1.88. The van der Waals surface area contributed by atoms with Crippen LogP contribution in [0.3, 0.4) is 0 Å². The quantitative estimate of drug-likeness (QED) is 0.744. The second-order valence-corrected chi connectivity index (χ2v) is 4.39. The highest BCUT2D eigenvalue weighted by molar-refractivity contribution is 5.97. The van der Waals surface area contributed by atoms with Gasteiger partial charge >= 0.3 is 0 Å². The molecule has 5 heteroatoms. The molecule has 0 bridgehead atoms. The Balaban J connectivity index is 2.56. The smallest absolute Gasteiger partial charge is 0.253 e. The normalized spacial score (nSPS) is 10.1. The molecule has 1 aromatic carbocycles. The van der Waals surface area contributed by atoms with Gasteiger partial charge in [0.05, 0.1) is 0 Å². The molecule has 0 aliphatic carbocycles. The lowest BCUT2D eigenvalue weighted by atomic mass is 10.1. The van der Waals surface area contributed by atoms with E-state index in [1.54, 1.807) is 38.4 Å². The van der Waals surface area contributed by atoms with Crippen molar-refractivity contribution in [3.63, 3.8) is 0 Å². The Kier molecular flexibility index (Phi) is 6.02. The minimum atomic E-state index is -0.123. The molecule has 0 atom stereocenters. The van der Waals surface area contributed by atoms with Crippen LogP contribution in [0.1, 0.15) is 27.6 Å². The van der Waals surface area contributed by atoms with E-state index in [9.17, 15) is 9.59 Å². The Morgan fingerprint density at radius 3 is 2.16 bits per heavy atom. The molecule has 0 spiro atoms. The van der Waals surface area contributed by atoms with Crippen molar-refractivity contribution < 1.29 is 9.59 Å². The molecule has 2 N–H and O–H groups in total. The zero-order valence-electron chi connectivity index (χ0n) is 11.7.